The van der Waals surface area contributed by atoms with Gasteiger partial charge < -0.3 is 4.90 Å². The highest BCUT2D eigenvalue weighted by Crippen LogP contribution is 2.28. The maximum Gasteiger partial charge on any atom is 0.276 e. The van der Waals surface area contributed by atoms with Gasteiger partial charge in [0, 0.05) is 19.1 Å². The minimum atomic E-state index is 0.00256. The number of amides is 1. The second kappa shape index (κ2) is 6.30. The van der Waals surface area contributed by atoms with Crippen molar-refractivity contribution in [3.05, 3.63) is 47.8 Å². The Morgan fingerprint density at radius 1 is 1.32 bits per heavy atom. The highest BCUT2D eigenvalue weighted by molar-refractivity contribution is 5.92. The average molecular weight is 298 g/mol. The number of nitrogens with zero attached hydrogens (tertiary/aromatic N) is 4. The maximum atomic E-state index is 12.6. The molecule has 0 N–H and O–H groups in total. The molecule has 1 aliphatic heterocycles. The molecule has 0 spiro atoms. The molecular formula is C17H22N4O. The third-order valence-corrected chi connectivity index (χ3v) is 4.60. The Kier molecular flexibility index (Phi) is 4.22. The molecule has 116 valence electrons. The normalized spacial score (nSPS) is 21.3. The van der Waals surface area contributed by atoms with Crippen molar-refractivity contribution >= 4 is 5.91 Å². The largest absolute Gasteiger partial charge is 0.334 e. The van der Waals surface area contributed by atoms with Crippen LogP contribution < -0.4 is 0 Å². The molecule has 2 heterocycles. The van der Waals surface area contributed by atoms with Crippen LogP contribution in [0.15, 0.2) is 36.5 Å². The average Bonchev–Trinajstić information content (AvgIpc) is 3.16. The summed E-state index contributed by atoms with van der Waals surface area (Å²) >= 11 is 0. The van der Waals surface area contributed by atoms with E-state index >= 15 is 0 Å². The van der Waals surface area contributed by atoms with Crippen molar-refractivity contribution < 1.29 is 4.79 Å². The first-order chi connectivity index (χ1) is 10.7. The summed E-state index contributed by atoms with van der Waals surface area (Å²) in [6, 6.07) is 10.7. The molecule has 0 saturated carbocycles. The Balaban J connectivity index is 1.67. The van der Waals surface area contributed by atoms with E-state index in [4.69, 9.17) is 0 Å². The molecule has 3 rings (SSSR count). The van der Waals surface area contributed by atoms with Crippen LogP contribution in [-0.4, -0.2) is 38.4 Å². The number of carbonyl (C=O) groups is 1. The quantitative estimate of drug-likeness (QED) is 0.871. The van der Waals surface area contributed by atoms with Gasteiger partial charge in [-0.05, 0) is 38.2 Å². The molecule has 22 heavy (non-hydrogen) atoms. The predicted octanol–water partition coefficient (Wildman–Crippen LogP) is 2.39. The standard InChI is InChI=1S/C17H22N4O/c1-3-20-12-16(18-19-20)17(22)21-10-9-15(13(21)2)11-14-7-5-4-6-8-14/h4-8,12-13,15H,3,9-11H2,1-2H3. The zero-order valence-corrected chi connectivity index (χ0v) is 13.1. The van der Waals surface area contributed by atoms with Gasteiger partial charge in [0.25, 0.3) is 5.91 Å². The molecule has 0 bridgehead atoms. The number of likely N-dealkylation sites (tertiary alicyclic amines) is 1. The number of hydrogen-bond acceptors (Lipinski definition) is 3. The van der Waals surface area contributed by atoms with Crippen LogP contribution in [0.3, 0.4) is 0 Å². The number of aryl methyl sites for hydroxylation is 1. The molecule has 2 aromatic rings. The summed E-state index contributed by atoms with van der Waals surface area (Å²) < 4.78 is 1.69. The molecule has 1 aromatic heterocycles. The van der Waals surface area contributed by atoms with Crippen molar-refractivity contribution in [3.63, 3.8) is 0 Å². The van der Waals surface area contributed by atoms with E-state index in [2.05, 4.69) is 41.5 Å². The number of carbonyl (C=O) groups excluding carboxylic acids is 1. The molecule has 1 amide bonds. The van der Waals surface area contributed by atoms with Crippen LogP contribution in [0.1, 0.15) is 36.3 Å². The molecule has 1 fully saturated rings. The molecule has 5 nitrogen and oxygen atoms in total. The minimum absolute atomic E-state index is 0.00256. The Labute approximate surface area is 130 Å². The van der Waals surface area contributed by atoms with Gasteiger partial charge in [-0.2, -0.15) is 0 Å². The third-order valence-electron chi connectivity index (χ3n) is 4.60. The van der Waals surface area contributed by atoms with Crippen molar-refractivity contribution in [2.24, 2.45) is 5.92 Å². The van der Waals surface area contributed by atoms with E-state index in [1.165, 1.54) is 5.56 Å². The Morgan fingerprint density at radius 3 is 2.77 bits per heavy atom. The summed E-state index contributed by atoms with van der Waals surface area (Å²) in [6.45, 7) is 5.66. The van der Waals surface area contributed by atoms with Crippen LogP contribution in [0.2, 0.25) is 0 Å². The van der Waals surface area contributed by atoms with Gasteiger partial charge >= 0.3 is 0 Å². The maximum absolute atomic E-state index is 12.6. The van der Waals surface area contributed by atoms with E-state index in [1.807, 2.05) is 17.9 Å². The van der Waals surface area contributed by atoms with E-state index in [0.29, 0.717) is 11.6 Å². The SMILES string of the molecule is CCn1cc(C(=O)N2CCC(Cc3ccccc3)C2C)nn1. The smallest absolute Gasteiger partial charge is 0.276 e. The molecule has 1 aliphatic rings. The number of benzene rings is 1. The molecular weight excluding hydrogens is 276 g/mol. The molecule has 0 aliphatic carbocycles. The topological polar surface area (TPSA) is 51.0 Å². The van der Waals surface area contributed by atoms with E-state index in [-0.39, 0.29) is 11.9 Å². The number of aromatic nitrogens is 3. The van der Waals surface area contributed by atoms with Gasteiger partial charge in [0.2, 0.25) is 0 Å². The zero-order valence-electron chi connectivity index (χ0n) is 13.1. The Morgan fingerprint density at radius 2 is 2.09 bits per heavy atom. The van der Waals surface area contributed by atoms with Gasteiger partial charge in [-0.25, -0.2) is 0 Å². The summed E-state index contributed by atoms with van der Waals surface area (Å²) in [5, 5.41) is 7.95. The van der Waals surface area contributed by atoms with Crippen molar-refractivity contribution in [3.8, 4) is 0 Å². The fraction of sp³-hybridized carbons (Fsp3) is 0.471. The van der Waals surface area contributed by atoms with Crippen molar-refractivity contribution in [1.82, 2.24) is 19.9 Å². The van der Waals surface area contributed by atoms with E-state index in [1.54, 1.807) is 10.9 Å². The van der Waals surface area contributed by atoms with Crippen molar-refractivity contribution in [2.75, 3.05) is 6.54 Å². The van der Waals surface area contributed by atoms with E-state index in [0.717, 1.165) is 25.9 Å². The molecule has 1 saturated heterocycles. The lowest BCUT2D eigenvalue weighted by Crippen LogP contribution is -2.36. The lowest BCUT2D eigenvalue weighted by atomic mass is 9.93. The van der Waals surface area contributed by atoms with Gasteiger partial charge in [-0.1, -0.05) is 35.5 Å². The van der Waals surface area contributed by atoms with Gasteiger partial charge in [0.1, 0.15) is 0 Å². The van der Waals surface area contributed by atoms with Gasteiger partial charge in [0.05, 0.1) is 6.20 Å². The molecule has 5 heteroatoms. The fourth-order valence-electron chi connectivity index (χ4n) is 3.18. The van der Waals surface area contributed by atoms with Gasteiger partial charge in [0.15, 0.2) is 5.69 Å². The van der Waals surface area contributed by atoms with E-state index in [9.17, 15) is 4.79 Å². The number of rotatable bonds is 4. The second-order valence-electron chi connectivity index (χ2n) is 5.94. The first-order valence-corrected chi connectivity index (χ1v) is 7.94. The summed E-state index contributed by atoms with van der Waals surface area (Å²) in [6.07, 6.45) is 3.80. The first-order valence-electron chi connectivity index (χ1n) is 7.94. The number of hydrogen-bond donors (Lipinski definition) is 0. The molecule has 2 unspecified atom stereocenters. The fourth-order valence-corrected chi connectivity index (χ4v) is 3.18. The second-order valence-corrected chi connectivity index (χ2v) is 5.94. The van der Waals surface area contributed by atoms with Gasteiger partial charge in [-0.15, -0.1) is 5.10 Å². The van der Waals surface area contributed by atoms with E-state index < -0.39 is 0 Å². The highest BCUT2D eigenvalue weighted by Gasteiger charge is 2.35. The van der Waals surface area contributed by atoms with Crippen molar-refractivity contribution in [2.45, 2.75) is 39.3 Å². The lowest BCUT2D eigenvalue weighted by molar-refractivity contribution is 0.0726. The third kappa shape index (κ3) is 2.89. The van der Waals surface area contributed by atoms with Crippen LogP contribution in [-0.2, 0) is 13.0 Å². The summed E-state index contributed by atoms with van der Waals surface area (Å²) in [4.78, 5) is 14.5. The summed E-state index contributed by atoms with van der Waals surface area (Å²) in [7, 11) is 0. The van der Waals surface area contributed by atoms with Crippen LogP contribution in [0.4, 0.5) is 0 Å². The van der Waals surface area contributed by atoms with Crippen LogP contribution in [0.25, 0.3) is 0 Å². The molecule has 0 radical (unpaired) electrons. The lowest BCUT2D eigenvalue weighted by Gasteiger charge is -2.24. The van der Waals surface area contributed by atoms with Gasteiger partial charge in [-0.3, -0.25) is 9.48 Å². The monoisotopic (exact) mass is 298 g/mol. The molecule has 2 atom stereocenters. The minimum Gasteiger partial charge on any atom is -0.334 e. The summed E-state index contributed by atoms with van der Waals surface area (Å²) in [5.74, 6) is 0.510. The first kappa shape index (κ1) is 14.8. The zero-order chi connectivity index (χ0) is 15.5. The molecule has 1 aromatic carbocycles. The van der Waals surface area contributed by atoms with Crippen LogP contribution in [0.5, 0.6) is 0 Å². The summed E-state index contributed by atoms with van der Waals surface area (Å²) in [5.41, 5.74) is 1.79. The van der Waals surface area contributed by atoms with Crippen LogP contribution >= 0.6 is 0 Å². The van der Waals surface area contributed by atoms with Crippen LogP contribution in [0, 0.1) is 5.92 Å². The highest BCUT2D eigenvalue weighted by atomic mass is 16.2. The predicted molar refractivity (Wildman–Crippen MR) is 84.4 cm³/mol. The van der Waals surface area contributed by atoms with Crippen molar-refractivity contribution in [1.29, 1.82) is 0 Å². The Hall–Kier alpha value is -2.17. The Bertz CT molecular complexity index is 637.